The number of benzene rings is 2. The van der Waals surface area contributed by atoms with Crippen molar-refractivity contribution >= 4 is 33.4 Å². The van der Waals surface area contributed by atoms with Crippen molar-refractivity contribution in [2.24, 2.45) is 0 Å². The summed E-state index contributed by atoms with van der Waals surface area (Å²) in [6.45, 7) is 0. The molecule has 0 spiro atoms. The average Bonchev–Trinajstić information content (AvgIpc) is 2.40. The molecule has 0 bridgehead atoms. The molecule has 0 aliphatic carbocycles. The van der Waals surface area contributed by atoms with Crippen LogP contribution in [0.3, 0.4) is 0 Å². The maximum Gasteiger partial charge on any atom is 0.0408 e. The van der Waals surface area contributed by atoms with Gasteiger partial charge in [0.2, 0.25) is 0 Å². The van der Waals surface area contributed by atoms with Crippen LogP contribution >= 0.6 is 22.6 Å². The molecule has 3 aromatic rings. The molecule has 0 radical (unpaired) electrons. The summed E-state index contributed by atoms with van der Waals surface area (Å²) in [4.78, 5) is 4.24. The largest absolute Gasteiger partial charge is 0.263 e. The van der Waals surface area contributed by atoms with Gasteiger partial charge in [0.1, 0.15) is 0 Å². The highest BCUT2D eigenvalue weighted by Gasteiger charge is 2.01. The van der Waals surface area contributed by atoms with E-state index in [0.29, 0.717) is 0 Å². The zero-order chi connectivity index (χ0) is 11.7. The van der Waals surface area contributed by atoms with Gasteiger partial charge in [-0.15, -0.1) is 0 Å². The second-order valence-electron chi connectivity index (χ2n) is 3.92. The SMILES string of the molecule is Ic1cncc2cc(-c3ccccc3)ccc12. The van der Waals surface area contributed by atoms with Gasteiger partial charge in [0.15, 0.2) is 0 Å². The number of rotatable bonds is 1. The molecule has 0 saturated heterocycles. The summed E-state index contributed by atoms with van der Waals surface area (Å²) in [5, 5.41) is 2.46. The number of hydrogen-bond donors (Lipinski definition) is 0. The number of pyridine rings is 1. The molecule has 1 heterocycles. The molecular weight excluding hydrogens is 321 g/mol. The van der Waals surface area contributed by atoms with E-state index in [4.69, 9.17) is 0 Å². The van der Waals surface area contributed by atoms with E-state index in [1.807, 2.05) is 18.5 Å². The van der Waals surface area contributed by atoms with Crippen LogP contribution in [0.25, 0.3) is 21.9 Å². The van der Waals surface area contributed by atoms with Crippen molar-refractivity contribution in [1.82, 2.24) is 4.98 Å². The highest BCUT2D eigenvalue weighted by Crippen LogP contribution is 2.26. The van der Waals surface area contributed by atoms with Gasteiger partial charge in [-0.1, -0.05) is 42.5 Å². The third-order valence-electron chi connectivity index (χ3n) is 2.82. The minimum Gasteiger partial charge on any atom is -0.263 e. The second-order valence-corrected chi connectivity index (χ2v) is 5.09. The van der Waals surface area contributed by atoms with Crippen LogP contribution in [-0.2, 0) is 0 Å². The first-order chi connectivity index (χ1) is 8.34. The Labute approximate surface area is 114 Å². The van der Waals surface area contributed by atoms with Crippen LogP contribution in [-0.4, -0.2) is 4.98 Å². The highest BCUT2D eigenvalue weighted by molar-refractivity contribution is 14.1. The van der Waals surface area contributed by atoms with Crippen LogP contribution in [0.5, 0.6) is 0 Å². The fraction of sp³-hybridized carbons (Fsp3) is 0. The van der Waals surface area contributed by atoms with Gasteiger partial charge in [0.05, 0.1) is 0 Å². The van der Waals surface area contributed by atoms with Gasteiger partial charge in [-0.25, -0.2) is 0 Å². The van der Waals surface area contributed by atoms with Gasteiger partial charge in [0.25, 0.3) is 0 Å². The fourth-order valence-electron chi connectivity index (χ4n) is 1.95. The zero-order valence-corrected chi connectivity index (χ0v) is 11.3. The van der Waals surface area contributed by atoms with Crippen LogP contribution in [0.1, 0.15) is 0 Å². The predicted octanol–water partition coefficient (Wildman–Crippen LogP) is 4.51. The first-order valence-electron chi connectivity index (χ1n) is 5.43. The Morgan fingerprint density at radius 3 is 2.47 bits per heavy atom. The summed E-state index contributed by atoms with van der Waals surface area (Å²) in [7, 11) is 0. The van der Waals surface area contributed by atoms with Crippen molar-refractivity contribution in [2.75, 3.05) is 0 Å². The van der Waals surface area contributed by atoms with Crippen LogP contribution in [0.15, 0.2) is 60.9 Å². The van der Waals surface area contributed by atoms with Crippen LogP contribution in [0.4, 0.5) is 0 Å². The van der Waals surface area contributed by atoms with E-state index in [0.717, 1.165) is 0 Å². The normalized spacial score (nSPS) is 10.6. The molecular formula is C15H10IN. The lowest BCUT2D eigenvalue weighted by Gasteiger charge is -2.04. The Balaban J connectivity index is 2.21. The fourth-order valence-corrected chi connectivity index (χ4v) is 2.60. The minimum atomic E-state index is 1.19. The average molecular weight is 331 g/mol. The highest BCUT2D eigenvalue weighted by atomic mass is 127. The summed E-state index contributed by atoms with van der Waals surface area (Å²) < 4.78 is 1.19. The molecule has 0 aliphatic heterocycles. The van der Waals surface area contributed by atoms with Crippen molar-refractivity contribution in [1.29, 1.82) is 0 Å². The van der Waals surface area contributed by atoms with E-state index in [-0.39, 0.29) is 0 Å². The van der Waals surface area contributed by atoms with Crippen LogP contribution < -0.4 is 0 Å². The number of aromatic nitrogens is 1. The standard InChI is InChI=1S/C15H10IN/c16-15-10-17-9-13-8-12(6-7-14(13)15)11-4-2-1-3-5-11/h1-10H. The Morgan fingerprint density at radius 2 is 1.65 bits per heavy atom. The molecule has 0 unspecified atom stereocenters. The lowest BCUT2D eigenvalue weighted by molar-refractivity contribution is 1.35. The van der Waals surface area contributed by atoms with E-state index in [1.165, 1.54) is 25.5 Å². The molecule has 82 valence electrons. The third kappa shape index (κ3) is 2.05. The molecule has 0 N–H and O–H groups in total. The summed E-state index contributed by atoms with van der Waals surface area (Å²) >= 11 is 2.32. The Kier molecular flexibility index (Phi) is 2.81. The number of nitrogens with zero attached hydrogens (tertiary/aromatic N) is 1. The monoisotopic (exact) mass is 331 g/mol. The maximum atomic E-state index is 4.24. The van der Waals surface area contributed by atoms with Crippen molar-refractivity contribution < 1.29 is 0 Å². The topological polar surface area (TPSA) is 12.9 Å². The van der Waals surface area contributed by atoms with E-state index < -0.39 is 0 Å². The van der Waals surface area contributed by atoms with Gasteiger partial charge in [0, 0.05) is 21.4 Å². The number of halogens is 1. The zero-order valence-electron chi connectivity index (χ0n) is 9.10. The molecule has 0 atom stereocenters. The predicted molar refractivity (Wildman–Crippen MR) is 79.9 cm³/mol. The quantitative estimate of drug-likeness (QED) is 0.598. The molecule has 2 heteroatoms. The van der Waals surface area contributed by atoms with Gasteiger partial charge < -0.3 is 0 Å². The first-order valence-corrected chi connectivity index (χ1v) is 6.51. The number of fused-ring (bicyclic) bond motifs is 1. The Hall–Kier alpha value is -1.42. The number of hydrogen-bond acceptors (Lipinski definition) is 1. The van der Waals surface area contributed by atoms with Crippen molar-refractivity contribution in [3.63, 3.8) is 0 Å². The van der Waals surface area contributed by atoms with Crippen molar-refractivity contribution in [3.8, 4) is 11.1 Å². The molecule has 0 fully saturated rings. The molecule has 0 amide bonds. The summed E-state index contributed by atoms with van der Waals surface area (Å²) in [5.74, 6) is 0. The maximum absolute atomic E-state index is 4.24. The van der Waals surface area contributed by atoms with Crippen molar-refractivity contribution in [2.45, 2.75) is 0 Å². The van der Waals surface area contributed by atoms with Gasteiger partial charge in [-0.2, -0.15) is 0 Å². The smallest absolute Gasteiger partial charge is 0.0408 e. The first kappa shape index (κ1) is 10.7. The van der Waals surface area contributed by atoms with Crippen LogP contribution in [0, 0.1) is 3.57 Å². The summed E-state index contributed by atoms with van der Waals surface area (Å²) in [6, 6.07) is 16.9. The Bertz CT molecular complexity index is 662. The summed E-state index contributed by atoms with van der Waals surface area (Å²) in [6.07, 6.45) is 3.81. The van der Waals surface area contributed by atoms with E-state index in [9.17, 15) is 0 Å². The lowest BCUT2D eigenvalue weighted by Crippen LogP contribution is -1.83. The van der Waals surface area contributed by atoms with Crippen LogP contribution in [0.2, 0.25) is 0 Å². The Morgan fingerprint density at radius 1 is 0.824 bits per heavy atom. The third-order valence-corrected chi connectivity index (χ3v) is 3.68. The van der Waals surface area contributed by atoms with E-state index in [1.54, 1.807) is 0 Å². The molecule has 17 heavy (non-hydrogen) atoms. The minimum absolute atomic E-state index is 1.19. The molecule has 0 aliphatic rings. The van der Waals surface area contributed by atoms with E-state index in [2.05, 4.69) is 70.0 Å². The van der Waals surface area contributed by atoms with E-state index >= 15 is 0 Å². The lowest BCUT2D eigenvalue weighted by atomic mass is 10.0. The molecule has 2 aromatic carbocycles. The molecule has 1 nitrogen and oxygen atoms in total. The molecule has 3 rings (SSSR count). The van der Waals surface area contributed by atoms with Gasteiger partial charge >= 0.3 is 0 Å². The molecule has 0 saturated carbocycles. The summed E-state index contributed by atoms with van der Waals surface area (Å²) in [5.41, 5.74) is 2.48. The van der Waals surface area contributed by atoms with Gasteiger partial charge in [-0.05, 0) is 45.2 Å². The molecule has 1 aromatic heterocycles. The van der Waals surface area contributed by atoms with Crippen molar-refractivity contribution in [3.05, 3.63) is 64.5 Å². The van der Waals surface area contributed by atoms with Gasteiger partial charge in [-0.3, -0.25) is 4.98 Å². The second kappa shape index (κ2) is 4.45.